The Hall–Kier alpha value is -2.20. The van der Waals surface area contributed by atoms with Gasteiger partial charge in [0.05, 0.1) is 12.3 Å². The Morgan fingerprint density at radius 2 is 2.12 bits per heavy atom. The molecule has 1 atom stereocenters. The Kier molecular flexibility index (Phi) is 4.53. The van der Waals surface area contributed by atoms with Crippen molar-refractivity contribution in [2.24, 2.45) is 0 Å². The molecule has 2 aliphatic rings. The maximum absolute atomic E-state index is 12.5. The maximum atomic E-state index is 12.5. The van der Waals surface area contributed by atoms with E-state index < -0.39 is 10.0 Å². The third kappa shape index (κ3) is 3.26. The van der Waals surface area contributed by atoms with Crippen molar-refractivity contribution in [2.45, 2.75) is 31.8 Å². The summed E-state index contributed by atoms with van der Waals surface area (Å²) in [5.41, 5.74) is 0.731. The predicted molar refractivity (Wildman–Crippen MR) is 94.9 cm³/mol. The number of hydrogen-bond donors (Lipinski definition) is 1. The summed E-state index contributed by atoms with van der Waals surface area (Å²) in [6.07, 6.45) is 4.13. The predicted octanol–water partition coefficient (Wildman–Crippen LogP) is 0.439. The number of sulfonamides is 1. The van der Waals surface area contributed by atoms with Crippen LogP contribution in [0.2, 0.25) is 0 Å². The molecular formula is C16H22N6O3S. The highest BCUT2D eigenvalue weighted by atomic mass is 32.2. The summed E-state index contributed by atoms with van der Waals surface area (Å²) in [6, 6.07) is 5.30. The number of likely N-dealkylation sites (tertiary alicyclic amines) is 1. The van der Waals surface area contributed by atoms with Crippen LogP contribution in [0.1, 0.15) is 25.1 Å². The molecule has 2 saturated heterocycles. The van der Waals surface area contributed by atoms with Gasteiger partial charge in [-0.3, -0.25) is 4.40 Å². The van der Waals surface area contributed by atoms with Crippen molar-refractivity contribution in [1.29, 1.82) is 0 Å². The van der Waals surface area contributed by atoms with E-state index in [1.807, 2.05) is 28.8 Å². The van der Waals surface area contributed by atoms with Crippen molar-refractivity contribution < 1.29 is 13.2 Å². The molecule has 0 aliphatic carbocycles. The summed E-state index contributed by atoms with van der Waals surface area (Å²) >= 11 is 0. The summed E-state index contributed by atoms with van der Waals surface area (Å²) in [4.78, 5) is 14.2. The molecule has 4 heterocycles. The zero-order valence-electron chi connectivity index (χ0n) is 14.4. The van der Waals surface area contributed by atoms with Crippen molar-refractivity contribution in [3.8, 4) is 0 Å². The first-order chi connectivity index (χ1) is 12.5. The molecule has 2 fully saturated rings. The molecular weight excluding hydrogens is 356 g/mol. The summed E-state index contributed by atoms with van der Waals surface area (Å²) in [5.74, 6) is 0.875. The maximum Gasteiger partial charge on any atom is 0.317 e. The van der Waals surface area contributed by atoms with Crippen molar-refractivity contribution >= 4 is 21.7 Å². The molecule has 10 heteroatoms. The minimum Gasteiger partial charge on any atom is -0.331 e. The number of carbonyl (C=O) groups is 1. The van der Waals surface area contributed by atoms with Crippen molar-refractivity contribution in [3.05, 3.63) is 30.2 Å². The van der Waals surface area contributed by atoms with Crippen LogP contribution < -0.4 is 5.32 Å². The van der Waals surface area contributed by atoms with Crippen molar-refractivity contribution in [1.82, 2.24) is 29.1 Å². The van der Waals surface area contributed by atoms with Gasteiger partial charge in [-0.25, -0.2) is 13.2 Å². The average molecular weight is 378 g/mol. The monoisotopic (exact) mass is 378 g/mol. The van der Waals surface area contributed by atoms with Gasteiger partial charge in [-0.05, 0) is 31.4 Å². The number of urea groups is 1. The molecule has 0 bridgehead atoms. The lowest BCUT2D eigenvalue weighted by Crippen LogP contribution is -2.52. The summed E-state index contributed by atoms with van der Waals surface area (Å²) in [7, 11) is -3.15. The second-order valence-electron chi connectivity index (χ2n) is 6.73. The lowest BCUT2D eigenvalue weighted by Gasteiger charge is -2.36. The van der Waals surface area contributed by atoms with Gasteiger partial charge in [0, 0.05) is 31.9 Å². The molecule has 2 amide bonds. The number of pyridine rings is 1. The molecule has 0 radical (unpaired) electrons. The molecule has 2 aliphatic heterocycles. The fourth-order valence-corrected chi connectivity index (χ4v) is 5.48. The average Bonchev–Trinajstić information content (AvgIpc) is 3.22. The summed E-state index contributed by atoms with van der Waals surface area (Å²) in [5, 5.41) is 11.0. The molecule has 0 spiro atoms. The van der Waals surface area contributed by atoms with Gasteiger partial charge in [0.15, 0.2) is 11.5 Å². The highest BCUT2D eigenvalue weighted by Crippen LogP contribution is 2.23. The summed E-state index contributed by atoms with van der Waals surface area (Å²) in [6.45, 7) is 1.91. The number of nitrogens with one attached hydrogen (secondary N) is 1. The number of piperidine rings is 1. The van der Waals surface area contributed by atoms with Crippen LogP contribution in [-0.2, 0) is 16.6 Å². The van der Waals surface area contributed by atoms with Gasteiger partial charge in [-0.15, -0.1) is 10.2 Å². The fourth-order valence-electron chi connectivity index (χ4n) is 3.72. The molecule has 2 aromatic heterocycles. The smallest absolute Gasteiger partial charge is 0.317 e. The number of nitrogens with zero attached hydrogens (tertiary/aromatic N) is 5. The van der Waals surface area contributed by atoms with Crippen molar-refractivity contribution in [2.75, 3.05) is 25.4 Å². The number of hydrogen-bond acceptors (Lipinski definition) is 5. The Morgan fingerprint density at radius 1 is 1.23 bits per heavy atom. The largest absolute Gasteiger partial charge is 0.331 e. The van der Waals surface area contributed by atoms with Crippen LogP contribution in [0.25, 0.3) is 5.65 Å². The zero-order chi connectivity index (χ0) is 18.1. The third-order valence-electron chi connectivity index (χ3n) is 5.01. The zero-order valence-corrected chi connectivity index (χ0v) is 15.2. The second-order valence-corrected chi connectivity index (χ2v) is 8.77. The van der Waals surface area contributed by atoms with Crippen LogP contribution in [0.3, 0.4) is 0 Å². The fraction of sp³-hybridized carbons (Fsp3) is 0.562. The molecule has 0 saturated carbocycles. The lowest BCUT2D eigenvalue weighted by molar-refractivity contribution is 0.152. The molecule has 2 aromatic rings. The van der Waals surface area contributed by atoms with E-state index in [0.717, 1.165) is 18.5 Å². The Labute approximate surface area is 152 Å². The number of fused-ring (bicyclic) bond motifs is 1. The van der Waals surface area contributed by atoms with Crippen LogP contribution in [0.15, 0.2) is 24.4 Å². The highest BCUT2D eigenvalue weighted by molar-refractivity contribution is 7.89. The quantitative estimate of drug-likeness (QED) is 0.835. The van der Waals surface area contributed by atoms with E-state index >= 15 is 0 Å². The highest BCUT2D eigenvalue weighted by Gasteiger charge is 2.37. The minimum absolute atomic E-state index is 0.115. The van der Waals surface area contributed by atoms with E-state index in [0.29, 0.717) is 31.9 Å². The minimum atomic E-state index is -3.15. The number of amides is 2. The van der Waals surface area contributed by atoms with Crippen molar-refractivity contribution in [3.63, 3.8) is 0 Å². The van der Waals surface area contributed by atoms with Gasteiger partial charge in [-0.2, -0.15) is 4.31 Å². The van der Waals surface area contributed by atoms with Crippen LogP contribution in [0, 0.1) is 0 Å². The normalized spacial score (nSPS) is 23.4. The van der Waals surface area contributed by atoms with Gasteiger partial charge in [0.25, 0.3) is 0 Å². The van der Waals surface area contributed by atoms with E-state index in [4.69, 9.17) is 0 Å². The van der Waals surface area contributed by atoms with Crippen LogP contribution in [-0.4, -0.2) is 69.7 Å². The van der Waals surface area contributed by atoms with Crippen LogP contribution in [0.4, 0.5) is 4.79 Å². The van der Waals surface area contributed by atoms with Gasteiger partial charge < -0.3 is 10.2 Å². The van der Waals surface area contributed by atoms with Gasteiger partial charge >= 0.3 is 6.03 Å². The molecule has 9 nitrogen and oxygen atoms in total. The van der Waals surface area contributed by atoms with E-state index in [-0.39, 0.29) is 24.4 Å². The second kappa shape index (κ2) is 6.84. The molecule has 0 aromatic carbocycles. The molecule has 26 heavy (non-hydrogen) atoms. The van der Waals surface area contributed by atoms with E-state index in [2.05, 4.69) is 15.5 Å². The van der Waals surface area contributed by atoms with Crippen LogP contribution in [0.5, 0.6) is 0 Å². The number of aromatic nitrogens is 3. The first kappa shape index (κ1) is 17.2. The molecule has 140 valence electrons. The molecule has 1 unspecified atom stereocenters. The Bertz CT molecular complexity index is 912. The van der Waals surface area contributed by atoms with Gasteiger partial charge in [0.1, 0.15) is 0 Å². The lowest BCUT2D eigenvalue weighted by atomic mass is 10.1. The number of carbonyl (C=O) groups excluding carboxylic acids is 1. The van der Waals surface area contributed by atoms with E-state index in [9.17, 15) is 13.2 Å². The molecule has 1 N–H and O–H groups in total. The Balaban J connectivity index is 1.38. The SMILES string of the molecule is O=C(NCc1nnc2ccccn12)N1CCCC(N2CCCS2(=O)=O)C1. The van der Waals surface area contributed by atoms with E-state index in [1.165, 1.54) is 0 Å². The standard InChI is InChI=1S/C16H22N6O3S/c23-16(17-11-15-19-18-14-6-1-2-8-21(14)15)20-7-3-5-13(12-20)22-9-4-10-26(22,24)25/h1-2,6,8,13H,3-5,7,9-12H2,(H,17,23). The van der Waals surface area contributed by atoms with E-state index in [1.54, 1.807) is 9.21 Å². The van der Waals surface area contributed by atoms with Gasteiger partial charge in [0.2, 0.25) is 10.0 Å². The third-order valence-corrected chi connectivity index (χ3v) is 7.01. The van der Waals surface area contributed by atoms with Gasteiger partial charge in [-0.1, -0.05) is 6.07 Å². The van der Waals surface area contributed by atoms with Crippen LogP contribution >= 0.6 is 0 Å². The summed E-state index contributed by atoms with van der Waals surface area (Å²) < 4.78 is 27.7. The topological polar surface area (TPSA) is 99.9 Å². The first-order valence-corrected chi connectivity index (χ1v) is 10.5. The first-order valence-electron chi connectivity index (χ1n) is 8.85. The molecule has 4 rings (SSSR count). The Morgan fingerprint density at radius 3 is 2.92 bits per heavy atom. The number of rotatable bonds is 3.